The van der Waals surface area contributed by atoms with E-state index < -0.39 is 5.91 Å². The average molecular weight is 308 g/mol. The van der Waals surface area contributed by atoms with Crippen LogP contribution >= 0.6 is 11.8 Å². The van der Waals surface area contributed by atoms with Crippen molar-refractivity contribution in [2.24, 2.45) is 11.7 Å². The molecule has 0 aliphatic heterocycles. The number of fused-ring (bicyclic) bond motifs is 1. The number of thioether (sulfide) groups is 1. The molecule has 0 aliphatic carbocycles. The van der Waals surface area contributed by atoms with Crippen LogP contribution in [0.1, 0.15) is 19.5 Å². The van der Waals surface area contributed by atoms with E-state index in [4.69, 9.17) is 5.73 Å². The van der Waals surface area contributed by atoms with E-state index in [0.717, 1.165) is 5.69 Å². The monoisotopic (exact) mass is 308 g/mol. The summed E-state index contributed by atoms with van der Waals surface area (Å²) in [7, 11) is 0. The van der Waals surface area contributed by atoms with E-state index in [1.807, 2.05) is 19.2 Å². The van der Waals surface area contributed by atoms with Gasteiger partial charge in [-0.25, -0.2) is 4.98 Å². The van der Waals surface area contributed by atoms with Crippen LogP contribution in [0.2, 0.25) is 0 Å². The molecular formula is C14H20N4O2S. The van der Waals surface area contributed by atoms with Gasteiger partial charge in [0.05, 0.1) is 5.52 Å². The third kappa shape index (κ3) is 2.97. The Morgan fingerprint density at radius 2 is 2.10 bits per heavy atom. The van der Waals surface area contributed by atoms with Crippen molar-refractivity contribution in [3.8, 4) is 0 Å². The lowest BCUT2D eigenvalue weighted by Gasteiger charge is -2.13. The van der Waals surface area contributed by atoms with Crippen molar-refractivity contribution in [1.82, 2.24) is 14.1 Å². The predicted molar refractivity (Wildman–Crippen MR) is 84.5 cm³/mol. The fourth-order valence-electron chi connectivity index (χ4n) is 2.39. The summed E-state index contributed by atoms with van der Waals surface area (Å²) in [4.78, 5) is 28.6. The molecular weight excluding hydrogens is 288 g/mol. The molecule has 0 saturated heterocycles. The fraction of sp³-hybridized carbons (Fsp3) is 0.500. The van der Waals surface area contributed by atoms with Gasteiger partial charge in [0.1, 0.15) is 12.1 Å². The van der Waals surface area contributed by atoms with E-state index in [9.17, 15) is 9.59 Å². The highest BCUT2D eigenvalue weighted by molar-refractivity contribution is 7.98. The van der Waals surface area contributed by atoms with Gasteiger partial charge >= 0.3 is 0 Å². The Kier molecular flexibility index (Phi) is 4.41. The Labute approximate surface area is 127 Å². The van der Waals surface area contributed by atoms with Gasteiger partial charge in [-0.2, -0.15) is 0 Å². The van der Waals surface area contributed by atoms with Gasteiger partial charge in [-0.3, -0.25) is 14.2 Å². The van der Waals surface area contributed by atoms with Gasteiger partial charge in [-0.1, -0.05) is 25.6 Å². The SMILES string of the molecule is CSc1nc2cc(C)n(CC(N)=O)c2c(=O)n1CC(C)C. The maximum atomic E-state index is 12.8. The zero-order chi connectivity index (χ0) is 15.7. The number of aromatic nitrogens is 3. The first kappa shape index (κ1) is 15.6. The van der Waals surface area contributed by atoms with Crippen molar-refractivity contribution < 1.29 is 4.79 Å². The van der Waals surface area contributed by atoms with Crippen LogP contribution in [0.4, 0.5) is 0 Å². The third-order valence-electron chi connectivity index (χ3n) is 3.22. The van der Waals surface area contributed by atoms with Crippen molar-refractivity contribution in [2.75, 3.05) is 6.26 Å². The first-order valence-electron chi connectivity index (χ1n) is 6.78. The molecule has 0 fully saturated rings. The summed E-state index contributed by atoms with van der Waals surface area (Å²) in [6, 6.07) is 1.82. The Morgan fingerprint density at radius 1 is 1.43 bits per heavy atom. The quantitative estimate of drug-likeness (QED) is 0.668. The summed E-state index contributed by atoms with van der Waals surface area (Å²) in [5, 5.41) is 0.692. The molecule has 2 aromatic heterocycles. The normalized spacial score (nSPS) is 11.5. The van der Waals surface area contributed by atoms with E-state index in [1.165, 1.54) is 11.8 Å². The van der Waals surface area contributed by atoms with Crippen molar-refractivity contribution in [3.05, 3.63) is 22.1 Å². The molecule has 114 valence electrons. The third-order valence-corrected chi connectivity index (χ3v) is 3.90. The Morgan fingerprint density at radius 3 is 2.62 bits per heavy atom. The second-order valence-corrected chi connectivity index (χ2v) is 6.25. The van der Waals surface area contributed by atoms with Crippen LogP contribution in [-0.4, -0.2) is 26.3 Å². The molecule has 2 heterocycles. The molecule has 0 unspecified atom stereocenters. The Bertz CT molecular complexity index is 745. The zero-order valence-corrected chi connectivity index (χ0v) is 13.5. The molecule has 0 radical (unpaired) electrons. The molecule has 2 rings (SSSR count). The van der Waals surface area contributed by atoms with Crippen LogP contribution in [0.15, 0.2) is 16.0 Å². The number of hydrogen-bond acceptors (Lipinski definition) is 4. The van der Waals surface area contributed by atoms with Crippen molar-refractivity contribution >= 4 is 28.7 Å². The topological polar surface area (TPSA) is 82.9 Å². The molecule has 0 aliphatic rings. The fourth-order valence-corrected chi connectivity index (χ4v) is 2.96. The highest BCUT2D eigenvalue weighted by Crippen LogP contribution is 2.19. The summed E-state index contributed by atoms with van der Waals surface area (Å²) >= 11 is 1.45. The number of nitrogens with two attached hydrogens (primary N) is 1. The minimum Gasteiger partial charge on any atom is -0.368 e. The van der Waals surface area contributed by atoms with Crippen molar-refractivity contribution in [1.29, 1.82) is 0 Å². The minimum absolute atomic E-state index is 0.00739. The highest BCUT2D eigenvalue weighted by Gasteiger charge is 2.17. The number of amides is 1. The number of hydrogen-bond donors (Lipinski definition) is 1. The van der Waals surface area contributed by atoms with Gasteiger partial charge < -0.3 is 10.3 Å². The van der Waals surface area contributed by atoms with E-state index in [2.05, 4.69) is 18.8 Å². The van der Waals surface area contributed by atoms with Gasteiger partial charge in [0.15, 0.2) is 5.16 Å². The minimum atomic E-state index is -0.473. The smallest absolute Gasteiger partial charge is 0.278 e. The van der Waals surface area contributed by atoms with Crippen LogP contribution in [0.5, 0.6) is 0 Å². The Hall–Kier alpha value is -1.76. The highest BCUT2D eigenvalue weighted by atomic mass is 32.2. The van der Waals surface area contributed by atoms with E-state index >= 15 is 0 Å². The summed E-state index contributed by atoms with van der Waals surface area (Å²) in [5.74, 6) is -0.146. The zero-order valence-electron chi connectivity index (χ0n) is 12.7. The molecule has 0 bridgehead atoms. The van der Waals surface area contributed by atoms with E-state index in [1.54, 1.807) is 9.13 Å². The van der Waals surface area contributed by atoms with Crippen LogP contribution in [0.25, 0.3) is 11.0 Å². The molecule has 0 spiro atoms. The molecule has 0 atom stereocenters. The number of carbonyl (C=O) groups excluding carboxylic acids is 1. The summed E-state index contributed by atoms with van der Waals surface area (Å²) in [6.45, 7) is 6.53. The largest absolute Gasteiger partial charge is 0.368 e. The lowest BCUT2D eigenvalue weighted by Crippen LogP contribution is -2.28. The standard InChI is InChI=1S/C14H20N4O2S/c1-8(2)6-18-13(20)12-10(16-14(18)21-4)5-9(3)17(12)7-11(15)19/h5,8H,6-7H2,1-4H3,(H2,15,19). The van der Waals surface area contributed by atoms with Gasteiger partial charge in [0.2, 0.25) is 5.91 Å². The number of rotatable bonds is 5. The number of primary amides is 1. The maximum absolute atomic E-state index is 12.8. The van der Waals surface area contributed by atoms with Crippen LogP contribution in [-0.2, 0) is 17.9 Å². The molecule has 6 nitrogen and oxygen atoms in total. The first-order chi connectivity index (χ1) is 9.85. The lowest BCUT2D eigenvalue weighted by atomic mass is 10.2. The summed E-state index contributed by atoms with van der Waals surface area (Å²) in [5.41, 5.74) is 7.03. The van der Waals surface area contributed by atoms with Gasteiger partial charge in [-0.15, -0.1) is 0 Å². The summed E-state index contributed by atoms with van der Waals surface area (Å²) < 4.78 is 3.32. The van der Waals surface area contributed by atoms with Crippen LogP contribution in [0, 0.1) is 12.8 Å². The molecule has 2 N–H and O–H groups in total. The molecule has 21 heavy (non-hydrogen) atoms. The number of carbonyl (C=O) groups is 1. The van der Waals surface area contributed by atoms with Gasteiger partial charge in [0, 0.05) is 12.2 Å². The lowest BCUT2D eigenvalue weighted by molar-refractivity contribution is -0.118. The molecule has 7 heteroatoms. The molecule has 1 amide bonds. The van der Waals surface area contributed by atoms with Gasteiger partial charge in [0.25, 0.3) is 5.56 Å². The number of aryl methyl sites for hydroxylation is 1. The van der Waals surface area contributed by atoms with Gasteiger partial charge in [-0.05, 0) is 25.2 Å². The average Bonchev–Trinajstić information content (AvgIpc) is 2.68. The Balaban J connectivity index is 2.76. The molecule has 0 aromatic carbocycles. The first-order valence-corrected chi connectivity index (χ1v) is 8.00. The predicted octanol–water partition coefficient (Wildman–Crippen LogP) is 1.37. The summed E-state index contributed by atoms with van der Waals surface area (Å²) in [6.07, 6.45) is 1.90. The van der Waals surface area contributed by atoms with Crippen LogP contribution in [0.3, 0.4) is 0 Å². The van der Waals surface area contributed by atoms with Crippen LogP contribution < -0.4 is 11.3 Å². The van der Waals surface area contributed by atoms with E-state index in [-0.39, 0.29) is 12.1 Å². The second-order valence-electron chi connectivity index (χ2n) is 5.48. The molecule has 2 aromatic rings. The number of nitrogens with zero attached hydrogens (tertiary/aromatic N) is 3. The maximum Gasteiger partial charge on any atom is 0.278 e. The second kappa shape index (κ2) is 5.93. The molecule has 0 saturated carbocycles. The van der Waals surface area contributed by atoms with Crippen molar-refractivity contribution in [2.45, 2.75) is 39.0 Å². The van der Waals surface area contributed by atoms with Crippen molar-refractivity contribution in [3.63, 3.8) is 0 Å². The van der Waals surface area contributed by atoms with E-state index in [0.29, 0.717) is 28.7 Å².